The van der Waals surface area contributed by atoms with Gasteiger partial charge in [0, 0.05) is 25.2 Å². The quantitative estimate of drug-likeness (QED) is 0.815. The number of nitrogens with zero attached hydrogens (tertiary/aromatic N) is 3. The zero-order valence-corrected chi connectivity index (χ0v) is 11.7. The molecule has 3 heterocycles. The highest BCUT2D eigenvalue weighted by Crippen LogP contribution is 2.33. The second-order valence-electron chi connectivity index (χ2n) is 5.77. The molecule has 2 fully saturated rings. The molecular formula is C14H20N4O. The molecular weight excluding hydrogens is 240 g/mol. The van der Waals surface area contributed by atoms with Crippen LogP contribution in [0, 0.1) is 19.8 Å². The van der Waals surface area contributed by atoms with Gasteiger partial charge in [-0.1, -0.05) is 0 Å². The fourth-order valence-electron chi connectivity index (χ4n) is 3.42. The number of aryl methyl sites for hydroxylation is 2. The largest absolute Gasteiger partial charge is 0.331 e. The third-order valence-corrected chi connectivity index (χ3v) is 4.35. The number of hydrogen-bond acceptors (Lipinski definition) is 4. The summed E-state index contributed by atoms with van der Waals surface area (Å²) in [6.07, 6.45) is 1.10. The van der Waals surface area contributed by atoms with Crippen molar-refractivity contribution < 1.29 is 4.79 Å². The molecule has 0 saturated carbocycles. The van der Waals surface area contributed by atoms with Crippen molar-refractivity contribution in [1.29, 1.82) is 0 Å². The van der Waals surface area contributed by atoms with Gasteiger partial charge in [0.2, 0.25) is 0 Å². The summed E-state index contributed by atoms with van der Waals surface area (Å²) in [5.74, 6) is 0.717. The third kappa shape index (κ3) is 2.02. The maximum atomic E-state index is 12.8. The van der Waals surface area contributed by atoms with Gasteiger partial charge in [-0.15, -0.1) is 0 Å². The number of carbonyl (C=O) groups is 1. The molecule has 2 aliphatic rings. The second-order valence-corrected chi connectivity index (χ2v) is 5.77. The molecule has 3 rings (SSSR count). The van der Waals surface area contributed by atoms with Crippen molar-refractivity contribution in [3.8, 4) is 0 Å². The Kier molecular flexibility index (Phi) is 3.01. The molecule has 5 heteroatoms. The van der Waals surface area contributed by atoms with E-state index in [1.54, 1.807) is 0 Å². The molecule has 2 aliphatic heterocycles. The Labute approximate surface area is 113 Å². The third-order valence-electron chi connectivity index (χ3n) is 4.35. The number of rotatable bonds is 1. The van der Waals surface area contributed by atoms with Crippen molar-refractivity contribution in [3.05, 3.63) is 23.0 Å². The average Bonchev–Trinajstić information content (AvgIpc) is 2.91. The van der Waals surface area contributed by atoms with Crippen LogP contribution in [-0.2, 0) is 0 Å². The number of carbonyl (C=O) groups excluding carboxylic acids is 1. The molecule has 3 atom stereocenters. The van der Waals surface area contributed by atoms with Crippen molar-refractivity contribution in [2.45, 2.75) is 39.3 Å². The highest BCUT2D eigenvalue weighted by Gasteiger charge is 2.44. The van der Waals surface area contributed by atoms with Crippen molar-refractivity contribution in [3.63, 3.8) is 0 Å². The Balaban J connectivity index is 1.93. The molecule has 0 bridgehead atoms. The van der Waals surface area contributed by atoms with Crippen LogP contribution >= 0.6 is 0 Å². The lowest BCUT2D eigenvalue weighted by Gasteiger charge is -2.28. The molecule has 0 aromatic carbocycles. The van der Waals surface area contributed by atoms with Crippen molar-refractivity contribution >= 4 is 5.91 Å². The minimum absolute atomic E-state index is 0.110. The minimum atomic E-state index is 0.110. The van der Waals surface area contributed by atoms with E-state index in [9.17, 15) is 4.79 Å². The van der Waals surface area contributed by atoms with E-state index in [1.807, 2.05) is 24.8 Å². The Morgan fingerprint density at radius 3 is 2.95 bits per heavy atom. The van der Waals surface area contributed by atoms with Gasteiger partial charge in [-0.05, 0) is 39.2 Å². The lowest BCUT2D eigenvalue weighted by Crippen LogP contribution is -2.43. The van der Waals surface area contributed by atoms with Gasteiger partial charge in [-0.2, -0.15) is 10.2 Å². The molecule has 1 amide bonds. The lowest BCUT2D eigenvalue weighted by molar-refractivity contribution is 0.0680. The van der Waals surface area contributed by atoms with Crippen LogP contribution in [0.4, 0.5) is 0 Å². The Bertz CT molecular complexity index is 516. The van der Waals surface area contributed by atoms with E-state index in [0.717, 1.165) is 30.9 Å². The van der Waals surface area contributed by atoms with E-state index in [1.165, 1.54) is 0 Å². The monoisotopic (exact) mass is 260 g/mol. The lowest BCUT2D eigenvalue weighted by atomic mass is 10.0. The van der Waals surface area contributed by atoms with Crippen LogP contribution in [0.1, 0.15) is 35.1 Å². The van der Waals surface area contributed by atoms with Gasteiger partial charge < -0.3 is 10.2 Å². The van der Waals surface area contributed by atoms with Crippen LogP contribution in [0.15, 0.2) is 6.07 Å². The molecule has 19 heavy (non-hydrogen) atoms. The first-order chi connectivity index (χ1) is 9.08. The summed E-state index contributed by atoms with van der Waals surface area (Å²) < 4.78 is 0. The predicted molar refractivity (Wildman–Crippen MR) is 71.9 cm³/mol. The van der Waals surface area contributed by atoms with Gasteiger partial charge in [0.05, 0.1) is 17.0 Å². The second kappa shape index (κ2) is 4.56. The highest BCUT2D eigenvalue weighted by molar-refractivity contribution is 5.96. The first-order valence-corrected chi connectivity index (χ1v) is 6.92. The summed E-state index contributed by atoms with van der Waals surface area (Å²) in [6.45, 7) is 7.82. The first-order valence-electron chi connectivity index (χ1n) is 6.92. The highest BCUT2D eigenvalue weighted by atomic mass is 16.2. The molecule has 1 aromatic heterocycles. The number of fused-ring (bicyclic) bond motifs is 1. The van der Waals surface area contributed by atoms with Crippen LogP contribution in [-0.4, -0.2) is 46.2 Å². The van der Waals surface area contributed by atoms with Gasteiger partial charge in [0.1, 0.15) is 0 Å². The van der Waals surface area contributed by atoms with E-state index < -0.39 is 0 Å². The van der Waals surface area contributed by atoms with Gasteiger partial charge >= 0.3 is 0 Å². The molecule has 0 radical (unpaired) electrons. The van der Waals surface area contributed by atoms with Crippen LogP contribution < -0.4 is 5.32 Å². The fourth-order valence-corrected chi connectivity index (χ4v) is 3.42. The van der Waals surface area contributed by atoms with E-state index in [4.69, 9.17) is 0 Å². The standard InChI is InChI=1S/C14H20N4O/c1-8-4-12(10(3)17-16-8)14(19)18-9(2)5-11-6-15-7-13(11)18/h4,9,11,13,15H,5-7H2,1-3H3. The Hall–Kier alpha value is -1.49. The zero-order chi connectivity index (χ0) is 13.6. The summed E-state index contributed by atoms with van der Waals surface area (Å²) >= 11 is 0. The SMILES string of the molecule is Cc1cc(C(=O)N2C(C)CC3CNCC32)c(C)nn1. The van der Waals surface area contributed by atoms with Crippen molar-refractivity contribution in [1.82, 2.24) is 20.4 Å². The Morgan fingerprint density at radius 2 is 2.16 bits per heavy atom. The normalized spacial score (nSPS) is 29.6. The number of hydrogen-bond donors (Lipinski definition) is 1. The maximum Gasteiger partial charge on any atom is 0.256 e. The van der Waals surface area contributed by atoms with Gasteiger partial charge in [0.25, 0.3) is 5.91 Å². The maximum absolute atomic E-state index is 12.8. The van der Waals surface area contributed by atoms with Gasteiger partial charge in [0.15, 0.2) is 0 Å². The molecule has 2 saturated heterocycles. The molecule has 0 aliphatic carbocycles. The minimum Gasteiger partial charge on any atom is -0.331 e. The van der Waals surface area contributed by atoms with Crippen molar-refractivity contribution in [2.75, 3.05) is 13.1 Å². The molecule has 102 valence electrons. The predicted octanol–water partition coefficient (Wildman–Crippen LogP) is 0.916. The summed E-state index contributed by atoms with van der Waals surface area (Å²) in [5, 5.41) is 11.5. The van der Waals surface area contributed by atoms with E-state index in [0.29, 0.717) is 23.6 Å². The molecule has 0 spiro atoms. The molecule has 5 nitrogen and oxygen atoms in total. The fraction of sp³-hybridized carbons (Fsp3) is 0.643. The average molecular weight is 260 g/mol. The first kappa shape index (κ1) is 12.5. The summed E-state index contributed by atoms with van der Waals surface area (Å²) in [4.78, 5) is 14.9. The van der Waals surface area contributed by atoms with E-state index >= 15 is 0 Å². The number of amides is 1. The van der Waals surface area contributed by atoms with Crippen LogP contribution in [0.3, 0.4) is 0 Å². The Morgan fingerprint density at radius 1 is 1.37 bits per heavy atom. The van der Waals surface area contributed by atoms with E-state index in [-0.39, 0.29) is 5.91 Å². The zero-order valence-electron chi connectivity index (χ0n) is 11.7. The van der Waals surface area contributed by atoms with Gasteiger partial charge in [-0.3, -0.25) is 4.79 Å². The molecule has 1 N–H and O–H groups in total. The van der Waals surface area contributed by atoms with Gasteiger partial charge in [-0.25, -0.2) is 0 Å². The number of nitrogens with one attached hydrogen (secondary N) is 1. The van der Waals surface area contributed by atoms with Crippen LogP contribution in [0.25, 0.3) is 0 Å². The summed E-state index contributed by atoms with van der Waals surface area (Å²) in [5.41, 5.74) is 2.21. The number of likely N-dealkylation sites (tertiary alicyclic amines) is 1. The van der Waals surface area contributed by atoms with Crippen LogP contribution in [0.2, 0.25) is 0 Å². The topological polar surface area (TPSA) is 58.1 Å². The summed E-state index contributed by atoms with van der Waals surface area (Å²) in [6, 6.07) is 2.51. The number of aromatic nitrogens is 2. The molecule has 1 aromatic rings. The smallest absolute Gasteiger partial charge is 0.256 e. The van der Waals surface area contributed by atoms with Crippen LogP contribution in [0.5, 0.6) is 0 Å². The molecule has 3 unspecified atom stereocenters. The summed E-state index contributed by atoms with van der Waals surface area (Å²) in [7, 11) is 0. The van der Waals surface area contributed by atoms with E-state index in [2.05, 4.69) is 22.4 Å². The van der Waals surface area contributed by atoms with Crippen molar-refractivity contribution in [2.24, 2.45) is 5.92 Å².